The van der Waals surface area contributed by atoms with Gasteiger partial charge in [-0.25, -0.2) is 8.42 Å². The van der Waals surface area contributed by atoms with Gasteiger partial charge in [0.05, 0.1) is 9.92 Å². The fraction of sp³-hybridized carbons (Fsp3) is 0.462. The van der Waals surface area contributed by atoms with E-state index in [1.807, 2.05) is 6.92 Å². The molecule has 0 aromatic heterocycles. The summed E-state index contributed by atoms with van der Waals surface area (Å²) in [7, 11) is -4.09. The van der Waals surface area contributed by atoms with E-state index in [-0.39, 0.29) is 14.9 Å². The number of benzene rings is 1. The second kappa shape index (κ2) is 6.78. The Bertz CT molecular complexity index is 598. The van der Waals surface area contributed by atoms with Crippen molar-refractivity contribution < 1.29 is 18.3 Å². The first kappa shape index (κ1) is 17.3. The summed E-state index contributed by atoms with van der Waals surface area (Å²) in [6, 6.07) is 3.99. The summed E-state index contributed by atoms with van der Waals surface area (Å²) in [5, 5.41) is 7.91. The summed E-state index contributed by atoms with van der Waals surface area (Å²) < 4.78 is 25.1. The standard InChI is InChI=1S/C13H16Cl2O4S/c1-3-4-8(2)12(13(16)17)20(18,19)11-7-9(14)5-6-10(11)15/h5-8,12H,3-4H2,1-2H3,(H,16,17). The zero-order valence-corrected chi connectivity index (χ0v) is 13.5. The number of aliphatic carboxylic acids is 1. The average molecular weight is 339 g/mol. The van der Waals surface area contributed by atoms with Gasteiger partial charge >= 0.3 is 5.97 Å². The van der Waals surface area contributed by atoms with Crippen molar-refractivity contribution >= 4 is 39.0 Å². The molecule has 20 heavy (non-hydrogen) atoms. The molecule has 0 aliphatic carbocycles. The summed E-state index contributed by atoms with van der Waals surface area (Å²) in [5.41, 5.74) is 0. The molecule has 1 N–H and O–H groups in total. The number of carboxylic acids is 1. The molecule has 4 nitrogen and oxygen atoms in total. The molecule has 1 aromatic rings. The largest absolute Gasteiger partial charge is 0.480 e. The molecule has 2 unspecified atom stereocenters. The van der Waals surface area contributed by atoms with E-state index in [4.69, 9.17) is 23.2 Å². The molecule has 0 radical (unpaired) electrons. The van der Waals surface area contributed by atoms with Crippen molar-refractivity contribution in [2.75, 3.05) is 0 Å². The van der Waals surface area contributed by atoms with Crippen LogP contribution in [0, 0.1) is 5.92 Å². The van der Waals surface area contributed by atoms with Crippen molar-refractivity contribution in [2.24, 2.45) is 5.92 Å². The highest BCUT2D eigenvalue weighted by molar-refractivity contribution is 7.93. The average Bonchev–Trinajstić information content (AvgIpc) is 2.31. The Balaban J connectivity index is 3.37. The van der Waals surface area contributed by atoms with Gasteiger partial charge in [0.15, 0.2) is 15.1 Å². The van der Waals surface area contributed by atoms with Gasteiger partial charge in [0.2, 0.25) is 0 Å². The van der Waals surface area contributed by atoms with Crippen LogP contribution in [0.2, 0.25) is 10.0 Å². The lowest BCUT2D eigenvalue weighted by atomic mass is 10.0. The summed E-state index contributed by atoms with van der Waals surface area (Å²) in [6.45, 7) is 3.48. The van der Waals surface area contributed by atoms with Gasteiger partial charge < -0.3 is 5.11 Å². The van der Waals surface area contributed by atoms with Gasteiger partial charge in [-0.15, -0.1) is 0 Å². The minimum atomic E-state index is -4.09. The molecule has 0 saturated heterocycles. The summed E-state index contributed by atoms with van der Waals surface area (Å²) >= 11 is 11.7. The normalized spacial score (nSPS) is 14.8. The lowest BCUT2D eigenvalue weighted by Gasteiger charge is -2.20. The third kappa shape index (κ3) is 3.65. The quantitative estimate of drug-likeness (QED) is 0.859. The number of carboxylic acid groups (broad SMARTS) is 1. The lowest BCUT2D eigenvalue weighted by Crippen LogP contribution is -2.36. The highest BCUT2D eigenvalue weighted by Crippen LogP contribution is 2.31. The summed E-state index contributed by atoms with van der Waals surface area (Å²) in [5.74, 6) is -1.89. The first-order chi connectivity index (χ1) is 9.21. The van der Waals surface area contributed by atoms with Gasteiger partial charge in [-0.3, -0.25) is 4.79 Å². The third-order valence-electron chi connectivity index (χ3n) is 3.04. The number of sulfone groups is 1. The Kier molecular flexibility index (Phi) is 5.86. The van der Waals surface area contributed by atoms with E-state index in [9.17, 15) is 18.3 Å². The van der Waals surface area contributed by atoms with Crippen molar-refractivity contribution in [1.82, 2.24) is 0 Å². The Hall–Kier alpha value is -0.780. The molecule has 0 heterocycles. The number of carbonyl (C=O) groups is 1. The molecule has 0 bridgehead atoms. The molecule has 112 valence electrons. The zero-order chi connectivity index (χ0) is 15.5. The molecule has 1 rings (SSSR count). The first-order valence-electron chi connectivity index (χ1n) is 6.13. The SMILES string of the molecule is CCCC(C)C(C(=O)O)S(=O)(=O)c1cc(Cl)ccc1Cl. The van der Waals surface area contributed by atoms with Gasteiger partial charge in [0, 0.05) is 5.02 Å². The molecular formula is C13H16Cl2O4S. The van der Waals surface area contributed by atoms with Crippen LogP contribution in [0.25, 0.3) is 0 Å². The molecule has 0 spiro atoms. The first-order valence-corrected chi connectivity index (χ1v) is 8.43. The van der Waals surface area contributed by atoms with Crippen molar-refractivity contribution in [2.45, 2.75) is 36.8 Å². The molecule has 0 amide bonds. The summed E-state index contributed by atoms with van der Waals surface area (Å²) in [4.78, 5) is 11.1. The highest BCUT2D eigenvalue weighted by Gasteiger charge is 2.39. The van der Waals surface area contributed by atoms with Crippen LogP contribution in [0.1, 0.15) is 26.7 Å². The lowest BCUT2D eigenvalue weighted by molar-refractivity contribution is -0.137. The zero-order valence-electron chi connectivity index (χ0n) is 11.1. The van der Waals surface area contributed by atoms with Crippen molar-refractivity contribution in [3.8, 4) is 0 Å². The maximum absolute atomic E-state index is 12.5. The second-order valence-electron chi connectivity index (χ2n) is 4.64. The van der Waals surface area contributed by atoms with Crippen LogP contribution < -0.4 is 0 Å². The molecule has 2 atom stereocenters. The molecule has 7 heteroatoms. The van der Waals surface area contributed by atoms with E-state index >= 15 is 0 Å². The smallest absolute Gasteiger partial charge is 0.322 e. The van der Waals surface area contributed by atoms with Crippen LogP contribution in [-0.2, 0) is 14.6 Å². The molecule has 0 fully saturated rings. The van der Waals surface area contributed by atoms with E-state index in [2.05, 4.69) is 0 Å². The van der Waals surface area contributed by atoms with Gasteiger partial charge in [-0.05, 0) is 30.5 Å². The van der Waals surface area contributed by atoms with E-state index in [0.29, 0.717) is 12.8 Å². The van der Waals surface area contributed by atoms with Crippen LogP contribution in [0.3, 0.4) is 0 Å². The Labute approximate surface area is 128 Å². The number of hydrogen-bond donors (Lipinski definition) is 1. The number of halogens is 2. The van der Waals surface area contributed by atoms with E-state index < -0.39 is 27.0 Å². The maximum atomic E-state index is 12.5. The number of rotatable bonds is 6. The predicted molar refractivity (Wildman–Crippen MR) is 79.1 cm³/mol. The van der Waals surface area contributed by atoms with Crippen LogP contribution in [0.15, 0.2) is 23.1 Å². The van der Waals surface area contributed by atoms with Gasteiger partial charge in [0.1, 0.15) is 0 Å². The van der Waals surface area contributed by atoms with Crippen molar-refractivity contribution in [3.63, 3.8) is 0 Å². The third-order valence-corrected chi connectivity index (χ3v) is 6.00. The fourth-order valence-corrected chi connectivity index (χ4v) is 4.72. The molecular weight excluding hydrogens is 323 g/mol. The van der Waals surface area contributed by atoms with Crippen LogP contribution in [0.5, 0.6) is 0 Å². The molecule has 0 saturated carbocycles. The van der Waals surface area contributed by atoms with Gasteiger partial charge in [0.25, 0.3) is 0 Å². The number of hydrogen-bond acceptors (Lipinski definition) is 3. The fourth-order valence-electron chi connectivity index (χ4n) is 2.12. The van der Waals surface area contributed by atoms with Crippen LogP contribution in [0.4, 0.5) is 0 Å². The molecule has 1 aromatic carbocycles. The molecule has 0 aliphatic heterocycles. The Morgan fingerprint density at radius 2 is 1.95 bits per heavy atom. The maximum Gasteiger partial charge on any atom is 0.322 e. The van der Waals surface area contributed by atoms with E-state index in [1.165, 1.54) is 18.2 Å². The molecule has 0 aliphatic rings. The Morgan fingerprint density at radius 1 is 1.35 bits per heavy atom. The van der Waals surface area contributed by atoms with Crippen LogP contribution in [-0.4, -0.2) is 24.7 Å². The van der Waals surface area contributed by atoms with Crippen LogP contribution >= 0.6 is 23.2 Å². The summed E-state index contributed by atoms with van der Waals surface area (Å²) in [6.07, 6.45) is 1.19. The van der Waals surface area contributed by atoms with E-state index in [1.54, 1.807) is 6.92 Å². The highest BCUT2D eigenvalue weighted by atomic mass is 35.5. The van der Waals surface area contributed by atoms with Gasteiger partial charge in [-0.2, -0.15) is 0 Å². The van der Waals surface area contributed by atoms with Crippen molar-refractivity contribution in [3.05, 3.63) is 28.2 Å². The van der Waals surface area contributed by atoms with Gasteiger partial charge in [-0.1, -0.05) is 43.5 Å². The minimum Gasteiger partial charge on any atom is -0.480 e. The monoisotopic (exact) mass is 338 g/mol. The topological polar surface area (TPSA) is 71.4 Å². The van der Waals surface area contributed by atoms with Crippen molar-refractivity contribution in [1.29, 1.82) is 0 Å². The second-order valence-corrected chi connectivity index (χ2v) is 7.53. The minimum absolute atomic E-state index is 0.0238. The predicted octanol–water partition coefficient (Wildman–Crippen LogP) is 3.66. The Morgan fingerprint density at radius 3 is 2.45 bits per heavy atom. The van der Waals surface area contributed by atoms with E-state index in [0.717, 1.165) is 0 Å².